The fourth-order valence-corrected chi connectivity index (χ4v) is 1.59. The lowest BCUT2D eigenvalue weighted by Gasteiger charge is -2.18. The summed E-state index contributed by atoms with van der Waals surface area (Å²) in [5.41, 5.74) is 1.78. The van der Waals surface area contributed by atoms with E-state index < -0.39 is 6.10 Å². The molecule has 2 N–H and O–H groups in total. The van der Waals surface area contributed by atoms with Crippen molar-refractivity contribution in [2.24, 2.45) is 0 Å². The molecule has 1 aliphatic heterocycles. The minimum atomic E-state index is -0.470. The van der Waals surface area contributed by atoms with Gasteiger partial charge in [-0.3, -0.25) is 0 Å². The number of β-amino-alcohol motifs (C(OH)–C–C–N with tert-alkyl or cyclic N) is 1. The van der Waals surface area contributed by atoms with Crippen molar-refractivity contribution in [3.8, 4) is 0 Å². The van der Waals surface area contributed by atoms with E-state index in [9.17, 15) is 9.50 Å². The highest BCUT2D eigenvalue weighted by atomic mass is 19.1. The summed E-state index contributed by atoms with van der Waals surface area (Å²) in [6.45, 7) is 1.25. The zero-order valence-corrected chi connectivity index (χ0v) is 7.70. The minimum absolute atomic E-state index is 0.247. The fraction of sp³-hybridized carbons (Fsp3) is 0.273. The highest BCUT2D eigenvalue weighted by Gasteiger charge is 2.11. The first-order valence-electron chi connectivity index (χ1n) is 4.61. The van der Waals surface area contributed by atoms with Crippen LogP contribution in [-0.4, -0.2) is 24.3 Å². The smallest absolute Gasteiger partial charge is 0.123 e. The molecular weight excluding hydrogens is 181 g/mol. The van der Waals surface area contributed by atoms with E-state index in [4.69, 9.17) is 0 Å². The van der Waals surface area contributed by atoms with Crippen LogP contribution in [0.3, 0.4) is 0 Å². The summed E-state index contributed by atoms with van der Waals surface area (Å²) in [7, 11) is 0. The van der Waals surface area contributed by atoms with Gasteiger partial charge in [-0.25, -0.2) is 4.39 Å². The maximum atomic E-state index is 12.9. The van der Waals surface area contributed by atoms with Crippen molar-refractivity contribution in [2.75, 3.05) is 13.1 Å². The second-order valence-electron chi connectivity index (χ2n) is 3.40. The van der Waals surface area contributed by atoms with Gasteiger partial charge in [-0.05, 0) is 29.3 Å². The number of benzene rings is 1. The van der Waals surface area contributed by atoms with E-state index in [0.29, 0.717) is 13.1 Å². The molecule has 2 rings (SSSR count). The molecule has 1 heterocycles. The average Bonchev–Trinajstić information content (AvgIpc) is 2.18. The summed E-state index contributed by atoms with van der Waals surface area (Å²) in [5, 5.41) is 12.4. The molecule has 0 fully saturated rings. The van der Waals surface area contributed by atoms with E-state index in [0.717, 1.165) is 11.1 Å². The van der Waals surface area contributed by atoms with Gasteiger partial charge in [0.2, 0.25) is 0 Å². The van der Waals surface area contributed by atoms with Crippen LogP contribution in [0.1, 0.15) is 5.56 Å². The van der Waals surface area contributed by atoms with Crippen LogP contribution in [0.4, 0.5) is 4.39 Å². The van der Waals surface area contributed by atoms with E-state index in [1.54, 1.807) is 12.1 Å². The quantitative estimate of drug-likeness (QED) is 0.701. The van der Waals surface area contributed by atoms with E-state index in [2.05, 4.69) is 5.32 Å². The third-order valence-corrected chi connectivity index (χ3v) is 2.26. The Balaban J connectivity index is 2.30. The number of aliphatic hydroxyl groups is 1. The molecule has 1 aromatic rings. The zero-order chi connectivity index (χ0) is 9.97. The number of hydrogen-bond donors (Lipinski definition) is 2. The molecule has 0 saturated carbocycles. The molecule has 1 atom stereocenters. The Bertz CT molecular complexity index is 362. The topological polar surface area (TPSA) is 32.3 Å². The highest BCUT2D eigenvalue weighted by Crippen LogP contribution is 2.17. The predicted octanol–water partition coefficient (Wildman–Crippen LogP) is 1.17. The summed E-state index contributed by atoms with van der Waals surface area (Å²) in [6, 6.07) is 6.41. The van der Waals surface area contributed by atoms with Gasteiger partial charge in [0.05, 0.1) is 6.10 Å². The first kappa shape index (κ1) is 9.37. The molecule has 74 valence electrons. The lowest BCUT2D eigenvalue weighted by atomic mass is 10.0. The molecule has 14 heavy (non-hydrogen) atoms. The first-order valence-corrected chi connectivity index (χ1v) is 4.61. The summed E-state index contributed by atoms with van der Waals surface area (Å²) >= 11 is 0. The third-order valence-electron chi connectivity index (χ3n) is 2.26. The Morgan fingerprint density at radius 3 is 3.00 bits per heavy atom. The molecule has 1 unspecified atom stereocenters. The Hall–Kier alpha value is -1.19. The molecule has 0 bridgehead atoms. The number of hydrogen-bond acceptors (Lipinski definition) is 2. The molecule has 0 saturated heterocycles. The van der Waals surface area contributed by atoms with Gasteiger partial charge < -0.3 is 10.4 Å². The minimum Gasteiger partial charge on any atom is -0.388 e. The normalized spacial score (nSPS) is 21.9. The van der Waals surface area contributed by atoms with Crippen LogP contribution in [0.25, 0.3) is 5.57 Å². The summed E-state index contributed by atoms with van der Waals surface area (Å²) in [4.78, 5) is 0. The summed E-state index contributed by atoms with van der Waals surface area (Å²) in [5.74, 6) is -0.247. The largest absolute Gasteiger partial charge is 0.388 e. The molecule has 0 aromatic heterocycles. The van der Waals surface area contributed by atoms with Gasteiger partial charge in [0.15, 0.2) is 0 Å². The van der Waals surface area contributed by atoms with Crippen LogP contribution in [0.5, 0.6) is 0 Å². The van der Waals surface area contributed by atoms with Crippen molar-refractivity contribution < 1.29 is 9.50 Å². The molecular formula is C11H12FNO. The van der Waals surface area contributed by atoms with Crippen molar-refractivity contribution in [3.05, 3.63) is 41.7 Å². The number of aliphatic hydroxyl groups excluding tert-OH is 1. The van der Waals surface area contributed by atoms with Crippen molar-refractivity contribution in [1.82, 2.24) is 5.32 Å². The molecule has 1 aromatic carbocycles. The van der Waals surface area contributed by atoms with E-state index in [1.165, 1.54) is 12.1 Å². The second kappa shape index (κ2) is 3.90. The maximum Gasteiger partial charge on any atom is 0.123 e. The first-order chi connectivity index (χ1) is 6.75. The van der Waals surface area contributed by atoms with Gasteiger partial charge in [0.1, 0.15) is 5.82 Å². The summed E-state index contributed by atoms with van der Waals surface area (Å²) < 4.78 is 12.9. The number of nitrogens with one attached hydrogen (secondary N) is 1. The number of rotatable bonds is 1. The number of halogens is 1. The van der Waals surface area contributed by atoms with Crippen LogP contribution < -0.4 is 5.32 Å². The van der Waals surface area contributed by atoms with Gasteiger partial charge in [-0.2, -0.15) is 0 Å². The van der Waals surface area contributed by atoms with E-state index in [1.807, 2.05) is 6.07 Å². The van der Waals surface area contributed by atoms with Crippen LogP contribution in [-0.2, 0) is 0 Å². The van der Waals surface area contributed by atoms with Gasteiger partial charge >= 0.3 is 0 Å². The maximum absolute atomic E-state index is 12.9. The van der Waals surface area contributed by atoms with Gasteiger partial charge in [-0.15, -0.1) is 0 Å². The van der Waals surface area contributed by atoms with Crippen molar-refractivity contribution in [3.63, 3.8) is 0 Å². The van der Waals surface area contributed by atoms with Gasteiger partial charge in [-0.1, -0.05) is 12.1 Å². The van der Waals surface area contributed by atoms with E-state index in [-0.39, 0.29) is 5.82 Å². The van der Waals surface area contributed by atoms with Crippen LogP contribution in [0, 0.1) is 5.82 Å². The van der Waals surface area contributed by atoms with Gasteiger partial charge in [0.25, 0.3) is 0 Å². The monoisotopic (exact) mass is 193 g/mol. The summed E-state index contributed by atoms with van der Waals surface area (Å²) in [6.07, 6.45) is 1.30. The highest BCUT2D eigenvalue weighted by molar-refractivity contribution is 5.68. The van der Waals surface area contributed by atoms with E-state index >= 15 is 0 Å². The van der Waals surface area contributed by atoms with Crippen LogP contribution in [0.15, 0.2) is 30.3 Å². The Kier molecular flexibility index (Phi) is 2.61. The molecule has 1 aliphatic rings. The molecule has 0 spiro atoms. The van der Waals surface area contributed by atoms with Crippen molar-refractivity contribution in [2.45, 2.75) is 6.10 Å². The van der Waals surface area contributed by atoms with Crippen LogP contribution in [0.2, 0.25) is 0 Å². The molecule has 2 nitrogen and oxygen atoms in total. The molecule has 0 aliphatic carbocycles. The molecule has 0 amide bonds. The van der Waals surface area contributed by atoms with Gasteiger partial charge in [0, 0.05) is 13.1 Å². The Labute approximate surface area is 82.1 Å². The lowest BCUT2D eigenvalue weighted by molar-refractivity contribution is 0.217. The molecule has 0 radical (unpaired) electrons. The SMILES string of the molecule is OC1C=C(c2cccc(F)c2)CNC1. The standard InChI is InChI=1S/C11H12FNO/c12-10-3-1-2-8(4-10)9-5-11(14)7-13-6-9/h1-5,11,13-14H,6-7H2. The van der Waals surface area contributed by atoms with Crippen LogP contribution >= 0.6 is 0 Å². The fourth-order valence-electron chi connectivity index (χ4n) is 1.59. The Morgan fingerprint density at radius 2 is 2.29 bits per heavy atom. The van der Waals surface area contributed by atoms with Crippen molar-refractivity contribution in [1.29, 1.82) is 0 Å². The lowest BCUT2D eigenvalue weighted by Crippen LogP contribution is -2.31. The van der Waals surface area contributed by atoms with Crippen molar-refractivity contribution >= 4 is 5.57 Å². The third kappa shape index (κ3) is 2.00. The Morgan fingerprint density at radius 1 is 1.43 bits per heavy atom. The predicted molar refractivity (Wildman–Crippen MR) is 53.3 cm³/mol. The average molecular weight is 193 g/mol. The second-order valence-corrected chi connectivity index (χ2v) is 3.40. The molecule has 3 heteroatoms. The zero-order valence-electron chi connectivity index (χ0n) is 7.70.